The Bertz CT molecular complexity index is 432. The molecule has 4 N–H and O–H groups in total. The SMILES string of the molecule is CC/C=C/CCC(=O)NCC[N+](CCO)(CCC(=O)O)CCC(=O)O. The van der Waals surface area contributed by atoms with Gasteiger partial charge in [0.2, 0.25) is 5.91 Å². The number of carbonyl (C=O) groups is 3. The highest BCUT2D eigenvalue weighted by Gasteiger charge is 2.28. The lowest BCUT2D eigenvalue weighted by Gasteiger charge is -2.37. The number of hydrogen-bond acceptors (Lipinski definition) is 4. The molecule has 0 aromatic carbocycles. The minimum atomic E-state index is -0.970. The predicted octanol–water partition coefficient (Wildman–Crippen LogP) is 0.608. The fourth-order valence-corrected chi connectivity index (χ4v) is 2.57. The molecule has 0 fully saturated rings. The van der Waals surface area contributed by atoms with Crippen molar-refractivity contribution in [1.82, 2.24) is 5.32 Å². The van der Waals surface area contributed by atoms with Gasteiger partial charge in [-0.05, 0) is 12.8 Å². The molecule has 0 aliphatic carbocycles. The van der Waals surface area contributed by atoms with E-state index in [1.54, 1.807) is 0 Å². The van der Waals surface area contributed by atoms with Crippen molar-refractivity contribution in [2.24, 2.45) is 0 Å². The van der Waals surface area contributed by atoms with E-state index < -0.39 is 11.9 Å². The van der Waals surface area contributed by atoms with Crippen LogP contribution < -0.4 is 5.32 Å². The average Bonchev–Trinajstić information content (AvgIpc) is 2.55. The van der Waals surface area contributed by atoms with Gasteiger partial charge in [0.1, 0.15) is 6.54 Å². The number of carboxylic acid groups (broad SMARTS) is 2. The van der Waals surface area contributed by atoms with E-state index in [9.17, 15) is 19.5 Å². The summed E-state index contributed by atoms with van der Waals surface area (Å²) in [5.74, 6) is -2.04. The molecule has 1 amide bonds. The van der Waals surface area contributed by atoms with Gasteiger partial charge < -0.3 is 25.1 Å². The van der Waals surface area contributed by atoms with Crippen molar-refractivity contribution in [3.63, 3.8) is 0 Å². The van der Waals surface area contributed by atoms with Gasteiger partial charge in [-0.1, -0.05) is 19.1 Å². The number of carboxylic acids is 2. The van der Waals surface area contributed by atoms with E-state index in [-0.39, 0.29) is 49.5 Å². The summed E-state index contributed by atoms with van der Waals surface area (Å²) < 4.78 is 0.158. The molecule has 0 atom stereocenters. The third-order valence-corrected chi connectivity index (χ3v) is 4.02. The molecule has 0 radical (unpaired) electrons. The number of quaternary nitrogens is 1. The molecular weight excluding hydrogens is 328 g/mol. The molecule has 0 aromatic heterocycles. The number of nitrogens with zero attached hydrogens (tertiary/aromatic N) is 1. The number of aliphatic carboxylic acids is 2. The Morgan fingerprint density at radius 3 is 2.00 bits per heavy atom. The zero-order valence-corrected chi connectivity index (χ0v) is 14.9. The van der Waals surface area contributed by atoms with E-state index in [4.69, 9.17) is 10.2 Å². The van der Waals surface area contributed by atoms with Gasteiger partial charge >= 0.3 is 11.9 Å². The first-order chi connectivity index (χ1) is 11.8. The Kier molecular flexibility index (Phi) is 12.3. The normalized spacial score (nSPS) is 11.6. The second kappa shape index (κ2) is 13.4. The molecule has 8 heteroatoms. The first kappa shape index (κ1) is 23.1. The summed E-state index contributed by atoms with van der Waals surface area (Å²) >= 11 is 0. The fraction of sp³-hybridized carbons (Fsp3) is 0.706. The zero-order valence-electron chi connectivity index (χ0n) is 14.9. The molecule has 0 spiro atoms. The molecular formula is C17H31N2O6+. The number of rotatable bonds is 15. The quantitative estimate of drug-likeness (QED) is 0.251. The Hall–Kier alpha value is -1.93. The average molecular weight is 359 g/mol. The number of nitrogens with one attached hydrogen (secondary N) is 1. The molecule has 0 aliphatic heterocycles. The number of carbonyl (C=O) groups excluding carboxylic acids is 1. The summed E-state index contributed by atoms with van der Waals surface area (Å²) in [5, 5.41) is 29.9. The molecule has 8 nitrogen and oxygen atoms in total. The first-order valence-electron chi connectivity index (χ1n) is 8.66. The smallest absolute Gasteiger partial charge is 0.309 e. The molecule has 0 heterocycles. The van der Waals surface area contributed by atoms with Crippen molar-refractivity contribution in [1.29, 1.82) is 0 Å². The summed E-state index contributed by atoms with van der Waals surface area (Å²) in [4.78, 5) is 33.5. The largest absolute Gasteiger partial charge is 0.481 e. The summed E-state index contributed by atoms with van der Waals surface area (Å²) in [6, 6.07) is 0. The molecule has 0 unspecified atom stereocenters. The molecule has 0 saturated heterocycles. The van der Waals surface area contributed by atoms with Crippen molar-refractivity contribution in [3.8, 4) is 0 Å². The molecule has 0 rings (SSSR count). The Balaban J connectivity index is 4.61. The predicted molar refractivity (Wildman–Crippen MR) is 93.0 cm³/mol. The lowest BCUT2D eigenvalue weighted by molar-refractivity contribution is -0.926. The van der Waals surface area contributed by atoms with E-state index >= 15 is 0 Å². The van der Waals surface area contributed by atoms with Crippen LogP contribution in [0.3, 0.4) is 0 Å². The van der Waals surface area contributed by atoms with Gasteiger partial charge in [-0.15, -0.1) is 0 Å². The van der Waals surface area contributed by atoms with Crippen LogP contribution in [0.1, 0.15) is 39.0 Å². The Morgan fingerprint density at radius 1 is 0.920 bits per heavy atom. The third kappa shape index (κ3) is 12.1. The second-order valence-corrected chi connectivity index (χ2v) is 6.02. The number of amides is 1. The maximum absolute atomic E-state index is 11.8. The van der Waals surface area contributed by atoms with Gasteiger partial charge in [-0.2, -0.15) is 0 Å². The van der Waals surface area contributed by atoms with Gasteiger partial charge in [0.15, 0.2) is 0 Å². The van der Waals surface area contributed by atoms with Crippen molar-refractivity contribution in [2.45, 2.75) is 39.0 Å². The van der Waals surface area contributed by atoms with Crippen LogP contribution in [0, 0.1) is 0 Å². The summed E-state index contributed by atoms with van der Waals surface area (Å²) in [6.07, 6.45) is 5.68. The number of aliphatic hydroxyl groups excluding tert-OH is 1. The van der Waals surface area contributed by atoms with Gasteiger partial charge in [0, 0.05) is 6.42 Å². The standard InChI is InChI=1S/C17H30N2O6/c1-2-3-4-5-6-15(21)18-9-12-19(13-14-20,10-7-16(22)23)11-8-17(24)25/h3-4,20H,2,5-14H2,1H3,(H2-,18,21,22,23,24,25)/p+1/b4-3+. The fourth-order valence-electron chi connectivity index (χ4n) is 2.57. The van der Waals surface area contributed by atoms with Crippen LogP contribution in [0.25, 0.3) is 0 Å². The van der Waals surface area contributed by atoms with E-state index in [1.807, 2.05) is 19.1 Å². The van der Waals surface area contributed by atoms with Crippen molar-refractivity contribution < 1.29 is 34.2 Å². The topological polar surface area (TPSA) is 124 Å². The molecule has 0 aromatic rings. The molecule has 0 bridgehead atoms. The molecule has 0 saturated carbocycles. The maximum atomic E-state index is 11.8. The molecule has 0 aliphatic rings. The van der Waals surface area contributed by atoms with Gasteiger partial charge in [-0.25, -0.2) is 0 Å². The molecule has 144 valence electrons. The van der Waals surface area contributed by atoms with Crippen LogP contribution in [-0.2, 0) is 14.4 Å². The van der Waals surface area contributed by atoms with Crippen molar-refractivity contribution in [3.05, 3.63) is 12.2 Å². The summed E-state index contributed by atoms with van der Waals surface area (Å²) in [7, 11) is 0. The summed E-state index contributed by atoms with van der Waals surface area (Å²) in [5.41, 5.74) is 0. The lowest BCUT2D eigenvalue weighted by atomic mass is 10.2. The number of allylic oxidation sites excluding steroid dienone is 2. The second-order valence-electron chi connectivity index (χ2n) is 6.02. The zero-order chi connectivity index (χ0) is 19.1. The Labute approximate surface area is 148 Å². The van der Waals surface area contributed by atoms with Gasteiger partial charge in [0.05, 0.1) is 45.6 Å². The maximum Gasteiger partial charge on any atom is 0.309 e. The minimum Gasteiger partial charge on any atom is -0.481 e. The first-order valence-corrected chi connectivity index (χ1v) is 8.66. The molecule has 25 heavy (non-hydrogen) atoms. The van der Waals surface area contributed by atoms with Crippen molar-refractivity contribution in [2.75, 3.05) is 39.3 Å². The van der Waals surface area contributed by atoms with Crippen LogP contribution in [0.2, 0.25) is 0 Å². The Morgan fingerprint density at radius 2 is 1.52 bits per heavy atom. The van der Waals surface area contributed by atoms with Crippen molar-refractivity contribution >= 4 is 17.8 Å². The van der Waals surface area contributed by atoms with E-state index in [1.165, 1.54) is 0 Å². The van der Waals surface area contributed by atoms with Crippen LogP contribution in [-0.4, -0.2) is 77.0 Å². The highest BCUT2D eigenvalue weighted by Crippen LogP contribution is 2.10. The third-order valence-electron chi connectivity index (χ3n) is 4.02. The highest BCUT2D eigenvalue weighted by molar-refractivity contribution is 5.75. The highest BCUT2D eigenvalue weighted by atomic mass is 16.4. The summed E-state index contributed by atoms with van der Waals surface area (Å²) in [6.45, 7) is 3.25. The van der Waals surface area contributed by atoms with Gasteiger partial charge in [0.25, 0.3) is 0 Å². The van der Waals surface area contributed by atoms with E-state index in [0.717, 1.165) is 6.42 Å². The van der Waals surface area contributed by atoms with Crippen LogP contribution in [0.15, 0.2) is 12.2 Å². The number of hydrogen-bond donors (Lipinski definition) is 4. The number of aliphatic hydroxyl groups is 1. The van der Waals surface area contributed by atoms with Crippen LogP contribution in [0.4, 0.5) is 0 Å². The van der Waals surface area contributed by atoms with Gasteiger partial charge in [-0.3, -0.25) is 14.4 Å². The van der Waals surface area contributed by atoms with E-state index in [0.29, 0.717) is 25.9 Å². The van der Waals surface area contributed by atoms with Crippen LogP contribution in [0.5, 0.6) is 0 Å². The van der Waals surface area contributed by atoms with E-state index in [2.05, 4.69) is 5.32 Å². The van der Waals surface area contributed by atoms with Crippen LogP contribution >= 0.6 is 0 Å². The minimum absolute atomic E-state index is 0.0979. The monoisotopic (exact) mass is 359 g/mol. The lowest BCUT2D eigenvalue weighted by Crippen LogP contribution is -2.55.